The molecule has 160 valence electrons. The summed E-state index contributed by atoms with van der Waals surface area (Å²) in [4.78, 5) is 6.93. The van der Waals surface area contributed by atoms with Crippen molar-refractivity contribution in [1.29, 1.82) is 0 Å². The number of likely N-dealkylation sites (tertiary alicyclic amines) is 1. The molecule has 6 nitrogen and oxygen atoms in total. The average Bonchev–Trinajstić information content (AvgIpc) is 2.70. The van der Waals surface area contributed by atoms with Crippen molar-refractivity contribution < 1.29 is 9.47 Å². The molecule has 0 aliphatic carbocycles. The monoisotopic (exact) mass is 504 g/mol. The third kappa shape index (κ3) is 8.43. The average molecular weight is 504 g/mol. The number of nitrogens with one attached hydrogen (secondary N) is 2. The molecule has 1 fully saturated rings. The minimum Gasteiger partial charge on any atom is -0.493 e. The molecule has 7 heteroatoms. The highest BCUT2D eigenvalue weighted by Crippen LogP contribution is 2.26. The van der Waals surface area contributed by atoms with Crippen LogP contribution >= 0.6 is 24.0 Å². The number of nitrogens with zero attached hydrogens (tertiary/aromatic N) is 2. The molecule has 1 saturated heterocycles. The van der Waals surface area contributed by atoms with Crippen molar-refractivity contribution in [3.63, 3.8) is 0 Å². The van der Waals surface area contributed by atoms with Gasteiger partial charge in [0.05, 0.1) is 13.7 Å². The number of piperidine rings is 1. The van der Waals surface area contributed by atoms with Crippen LogP contribution in [0.3, 0.4) is 0 Å². The quantitative estimate of drug-likeness (QED) is 0.306. The van der Waals surface area contributed by atoms with Crippen molar-refractivity contribution in [1.82, 2.24) is 15.5 Å². The van der Waals surface area contributed by atoms with Crippen LogP contribution < -0.4 is 20.1 Å². The summed E-state index contributed by atoms with van der Waals surface area (Å²) in [7, 11) is 3.47. The number of para-hydroxylation sites is 2. The number of halogens is 1. The molecule has 0 saturated carbocycles. The van der Waals surface area contributed by atoms with Gasteiger partial charge in [-0.2, -0.15) is 0 Å². The number of methoxy groups -OCH3 is 1. The largest absolute Gasteiger partial charge is 0.493 e. The van der Waals surface area contributed by atoms with E-state index in [4.69, 9.17) is 9.47 Å². The van der Waals surface area contributed by atoms with E-state index >= 15 is 0 Å². The van der Waals surface area contributed by atoms with Crippen LogP contribution in [0.15, 0.2) is 29.3 Å². The van der Waals surface area contributed by atoms with E-state index in [1.165, 1.54) is 32.5 Å². The first kappa shape index (κ1) is 24.8. The van der Waals surface area contributed by atoms with Gasteiger partial charge < -0.3 is 25.0 Å². The molecule has 1 aromatic rings. The fourth-order valence-electron chi connectivity index (χ4n) is 3.29. The smallest absolute Gasteiger partial charge is 0.191 e. The van der Waals surface area contributed by atoms with E-state index in [9.17, 15) is 0 Å². The zero-order valence-electron chi connectivity index (χ0n) is 17.7. The van der Waals surface area contributed by atoms with E-state index in [-0.39, 0.29) is 30.1 Å². The summed E-state index contributed by atoms with van der Waals surface area (Å²) >= 11 is 0. The first-order chi connectivity index (χ1) is 13.2. The fourth-order valence-corrected chi connectivity index (χ4v) is 3.29. The number of hydrogen-bond donors (Lipinski definition) is 2. The third-order valence-electron chi connectivity index (χ3n) is 4.93. The minimum absolute atomic E-state index is 0. The molecule has 1 aromatic carbocycles. The Morgan fingerprint density at radius 1 is 1.25 bits per heavy atom. The molecule has 1 unspecified atom stereocenters. The molecule has 1 aliphatic heterocycles. The number of rotatable bonds is 9. The SMILES string of the molecule is CCCCN1CCC(NC(=NC)NCC(C)Oc2ccccc2OC)CC1.I. The Morgan fingerprint density at radius 2 is 1.93 bits per heavy atom. The van der Waals surface area contributed by atoms with Gasteiger partial charge in [-0.15, -0.1) is 24.0 Å². The normalized spacial score (nSPS) is 16.8. The highest BCUT2D eigenvalue weighted by atomic mass is 127. The van der Waals surface area contributed by atoms with Crippen LogP contribution in [0.25, 0.3) is 0 Å². The molecule has 0 radical (unpaired) electrons. The van der Waals surface area contributed by atoms with Crippen LogP contribution in [0.2, 0.25) is 0 Å². The van der Waals surface area contributed by atoms with Gasteiger partial charge >= 0.3 is 0 Å². The lowest BCUT2D eigenvalue weighted by Crippen LogP contribution is -2.50. The predicted octanol–water partition coefficient (Wildman–Crippen LogP) is 3.51. The minimum atomic E-state index is -0.00394. The first-order valence-corrected chi connectivity index (χ1v) is 10.2. The second kappa shape index (κ2) is 13.9. The van der Waals surface area contributed by atoms with Gasteiger partial charge in [-0.25, -0.2) is 0 Å². The molecule has 28 heavy (non-hydrogen) atoms. The lowest BCUT2D eigenvalue weighted by Gasteiger charge is -2.33. The van der Waals surface area contributed by atoms with Crippen LogP contribution in [-0.2, 0) is 0 Å². The third-order valence-corrected chi connectivity index (χ3v) is 4.93. The maximum atomic E-state index is 6.00. The number of benzene rings is 1. The number of unbranched alkanes of at least 4 members (excludes halogenated alkanes) is 1. The second-order valence-corrected chi connectivity index (χ2v) is 7.15. The van der Waals surface area contributed by atoms with Crippen LogP contribution in [0.1, 0.15) is 39.5 Å². The van der Waals surface area contributed by atoms with Gasteiger partial charge in [0, 0.05) is 26.2 Å². The summed E-state index contributed by atoms with van der Waals surface area (Å²) in [5.41, 5.74) is 0. The van der Waals surface area contributed by atoms with Crippen LogP contribution in [0.5, 0.6) is 11.5 Å². The molecule has 0 bridgehead atoms. The first-order valence-electron chi connectivity index (χ1n) is 10.2. The zero-order chi connectivity index (χ0) is 19.5. The Labute approximate surface area is 187 Å². The highest BCUT2D eigenvalue weighted by molar-refractivity contribution is 14.0. The van der Waals surface area contributed by atoms with Gasteiger partial charge in [0.1, 0.15) is 6.10 Å². The number of guanidine groups is 1. The summed E-state index contributed by atoms with van der Waals surface area (Å²) in [5.74, 6) is 2.36. The maximum Gasteiger partial charge on any atom is 0.191 e. The molecular formula is C21H37IN4O2. The molecule has 1 atom stereocenters. The Balaban J connectivity index is 0.00000392. The fraction of sp³-hybridized carbons (Fsp3) is 0.667. The van der Waals surface area contributed by atoms with E-state index in [1.807, 2.05) is 38.2 Å². The van der Waals surface area contributed by atoms with Gasteiger partial charge in [-0.05, 0) is 44.9 Å². The van der Waals surface area contributed by atoms with Gasteiger partial charge in [-0.3, -0.25) is 4.99 Å². The molecule has 0 aromatic heterocycles. The van der Waals surface area contributed by atoms with Crippen LogP contribution in [0.4, 0.5) is 0 Å². The molecule has 1 heterocycles. The van der Waals surface area contributed by atoms with E-state index < -0.39 is 0 Å². The lowest BCUT2D eigenvalue weighted by molar-refractivity contribution is 0.201. The molecular weight excluding hydrogens is 467 g/mol. The molecule has 2 N–H and O–H groups in total. The van der Waals surface area contributed by atoms with Gasteiger partial charge in [0.15, 0.2) is 17.5 Å². The Morgan fingerprint density at radius 3 is 2.54 bits per heavy atom. The standard InChI is InChI=1S/C21H36N4O2.HI/c1-5-6-13-25-14-11-18(12-15-25)24-21(22-3)23-16-17(2)27-20-10-8-7-9-19(20)26-4;/h7-10,17-18H,5-6,11-16H2,1-4H3,(H2,22,23,24);1H. The Hall–Kier alpha value is -1.22. The predicted molar refractivity (Wildman–Crippen MR) is 127 cm³/mol. The topological polar surface area (TPSA) is 58.1 Å². The molecule has 0 spiro atoms. The number of ether oxygens (including phenoxy) is 2. The summed E-state index contributed by atoms with van der Waals surface area (Å²) in [5, 5.41) is 6.94. The van der Waals surface area contributed by atoms with Gasteiger partial charge in [0.25, 0.3) is 0 Å². The van der Waals surface area contributed by atoms with E-state index in [2.05, 4.69) is 27.4 Å². The number of aliphatic imine (C=N–C) groups is 1. The van der Waals surface area contributed by atoms with Crippen LogP contribution in [-0.4, -0.2) is 63.3 Å². The summed E-state index contributed by atoms with van der Waals surface area (Å²) in [6.45, 7) is 8.53. The van der Waals surface area contributed by atoms with Crippen molar-refractivity contribution in [2.24, 2.45) is 4.99 Å². The van der Waals surface area contributed by atoms with E-state index in [1.54, 1.807) is 7.11 Å². The molecule has 0 amide bonds. The maximum absolute atomic E-state index is 6.00. The van der Waals surface area contributed by atoms with Gasteiger partial charge in [0.2, 0.25) is 0 Å². The second-order valence-electron chi connectivity index (χ2n) is 7.15. The molecule has 2 rings (SSSR count). The zero-order valence-corrected chi connectivity index (χ0v) is 20.1. The van der Waals surface area contributed by atoms with Crippen LogP contribution in [0, 0.1) is 0 Å². The Bertz CT molecular complexity index is 577. The van der Waals surface area contributed by atoms with Crippen molar-refractivity contribution >= 4 is 29.9 Å². The van der Waals surface area contributed by atoms with Gasteiger partial charge in [-0.1, -0.05) is 25.5 Å². The lowest BCUT2D eigenvalue weighted by atomic mass is 10.0. The molecule has 1 aliphatic rings. The van der Waals surface area contributed by atoms with Crippen molar-refractivity contribution in [2.75, 3.05) is 40.3 Å². The van der Waals surface area contributed by atoms with E-state index in [0.717, 1.165) is 30.3 Å². The van der Waals surface area contributed by atoms with Crippen molar-refractivity contribution in [3.05, 3.63) is 24.3 Å². The highest BCUT2D eigenvalue weighted by Gasteiger charge is 2.19. The summed E-state index contributed by atoms with van der Waals surface area (Å²) in [6, 6.07) is 8.20. The summed E-state index contributed by atoms with van der Waals surface area (Å²) in [6.07, 6.45) is 4.89. The van der Waals surface area contributed by atoms with Crippen molar-refractivity contribution in [2.45, 2.75) is 51.7 Å². The van der Waals surface area contributed by atoms with Crippen molar-refractivity contribution in [3.8, 4) is 11.5 Å². The Kier molecular flexibility index (Phi) is 12.3. The summed E-state index contributed by atoms with van der Waals surface area (Å²) < 4.78 is 11.3. The number of hydrogen-bond acceptors (Lipinski definition) is 4. The van der Waals surface area contributed by atoms with E-state index in [0.29, 0.717) is 12.6 Å².